The molecule has 1 aromatic rings. The molecule has 1 rings (SSSR count). The third-order valence-electron chi connectivity index (χ3n) is 2.52. The van der Waals surface area contributed by atoms with Crippen LogP contribution in [0.15, 0.2) is 18.2 Å². The lowest BCUT2D eigenvalue weighted by molar-refractivity contribution is 0.593. The van der Waals surface area contributed by atoms with E-state index < -0.39 is 0 Å². The molecule has 2 heteroatoms. The van der Waals surface area contributed by atoms with Gasteiger partial charge in [0.25, 0.3) is 0 Å². The van der Waals surface area contributed by atoms with Crippen LogP contribution in [0, 0.1) is 16.4 Å². The van der Waals surface area contributed by atoms with Crippen molar-refractivity contribution < 1.29 is 0 Å². The summed E-state index contributed by atoms with van der Waals surface area (Å²) in [6.45, 7) is 7.70. The zero-order valence-electron chi connectivity index (χ0n) is 9.10. The second-order valence-electron chi connectivity index (χ2n) is 3.86. The lowest BCUT2D eigenvalue weighted by atomic mass is 10.1. The molecule has 0 aliphatic carbocycles. The van der Waals surface area contributed by atoms with E-state index >= 15 is 0 Å². The van der Waals surface area contributed by atoms with Gasteiger partial charge in [0.15, 0.2) is 0 Å². The van der Waals surface area contributed by atoms with Crippen molar-refractivity contribution in [2.45, 2.75) is 27.2 Å². The number of nitrogens with one attached hydrogen (secondary N) is 1. The van der Waals surface area contributed by atoms with Crippen LogP contribution in [0.3, 0.4) is 0 Å². The molecule has 1 unspecified atom stereocenters. The molecule has 0 aliphatic rings. The molecular formula is C12H18IN. The van der Waals surface area contributed by atoms with Crippen LogP contribution < -0.4 is 5.32 Å². The Kier molecular flexibility index (Phi) is 4.72. The molecular weight excluding hydrogens is 285 g/mol. The molecule has 0 aromatic heterocycles. The fourth-order valence-corrected chi connectivity index (χ4v) is 1.65. The van der Waals surface area contributed by atoms with Crippen LogP contribution in [-0.4, -0.2) is 6.54 Å². The molecule has 1 N–H and O–H groups in total. The van der Waals surface area contributed by atoms with Crippen molar-refractivity contribution in [1.82, 2.24) is 0 Å². The Morgan fingerprint density at radius 2 is 2.14 bits per heavy atom. The number of rotatable bonds is 4. The van der Waals surface area contributed by atoms with Crippen molar-refractivity contribution in [3.8, 4) is 0 Å². The van der Waals surface area contributed by atoms with E-state index in [0.717, 1.165) is 12.5 Å². The number of halogens is 1. The van der Waals surface area contributed by atoms with E-state index in [1.807, 2.05) is 0 Å². The minimum absolute atomic E-state index is 0.744. The van der Waals surface area contributed by atoms with E-state index in [-0.39, 0.29) is 0 Å². The molecule has 0 fully saturated rings. The number of benzene rings is 1. The second-order valence-corrected chi connectivity index (χ2v) is 5.02. The van der Waals surface area contributed by atoms with Crippen molar-refractivity contribution in [2.24, 2.45) is 5.92 Å². The maximum atomic E-state index is 3.46. The van der Waals surface area contributed by atoms with Crippen LogP contribution in [0.25, 0.3) is 0 Å². The van der Waals surface area contributed by atoms with Gasteiger partial charge < -0.3 is 5.32 Å². The molecule has 78 valence electrons. The monoisotopic (exact) mass is 303 g/mol. The number of aryl methyl sites for hydroxylation is 1. The van der Waals surface area contributed by atoms with Gasteiger partial charge in [-0.2, -0.15) is 0 Å². The fourth-order valence-electron chi connectivity index (χ4n) is 1.14. The third-order valence-corrected chi connectivity index (χ3v) is 3.69. The van der Waals surface area contributed by atoms with Crippen molar-refractivity contribution in [3.63, 3.8) is 0 Å². The molecule has 14 heavy (non-hydrogen) atoms. The average Bonchev–Trinajstić information content (AvgIpc) is 2.19. The van der Waals surface area contributed by atoms with E-state index in [2.05, 4.69) is 66.9 Å². The first-order valence-corrected chi connectivity index (χ1v) is 6.21. The highest BCUT2D eigenvalue weighted by molar-refractivity contribution is 14.1. The Morgan fingerprint density at radius 3 is 2.71 bits per heavy atom. The molecule has 0 saturated heterocycles. The van der Waals surface area contributed by atoms with Crippen LogP contribution in [0.2, 0.25) is 0 Å². The summed E-state index contributed by atoms with van der Waals surface area (Å²) in [6, 6.07) is 6.53. The first kappa shape index (κ1) is 11.8. The third kappa shape index (κ3) is 3.48. The van der Waals surface area contributed by atoms with Gasteiger partial charge in [-0.15, -0.1) is 0 Å². The van der Waals surface area contributed by atoms with Gasteiger partial charge in [0.05, 0.1) is 0 Å². The zero-order valence-corrected chi connectivity index (χ0v) is 11.3. The van der Waals surface area contributed by atoms with E-state index in [9.17, 15) is 0 Å². The quantitative estimate of drug-likeness (QED) is 0.827. The van der Waals surface area contributed by atoms with Crippen LogP contribution in [0.4, 0.5) is 5.69 Å². The van der Waals surface area contributed by atoms with Gasteiger partial charge in [0.1, 0.15) is 0 Å². The summed E-state index contributed by atoms with van der Waals surface area (Å²) in [5.41, 5.74) is 2.58. The molecule has 0 spiro atoms. The zero-order chi connectivity index (χ0) is 10.6. The lowest BCUT2D eigenvalue weighted by Crippen LogP contribution is -2.10. The predicted molar refractivity (Wildman–Crippen MR) is 71.8 cm³/mol. The maximum absolute atomic E-state index is 3.46. The highest BCUT2D eigenvalue weighted by Crippen LogP contribution is 2.17. The topological polar surface area (TPSA) is 12.0 Å². The molecule has 0 amide bonds. The molecule has 1 aromatic carbocycles. The standard InChI is InChI=1S/C12H18IN/c1-4-9(2)8-14-11-6-5-10(3)12(13)7-11/h5-7,9,14H,4,8H2,1-3H3. The summed E-state index contributed by atoms with van der Waals surface area (Å²) >= 11 is 2.38. The normalized spacial score (nSPS) is 12.6. The van der Waals surface area contributed by atoms with Gasteiger partial charge in [-0.3, -0.25) is 0 Å². The van der Waals surface area contributed by atoms with Crippen molar-refractivity contribution in [1.29, 1.82) is 0 Å². The summed E-state index contributed by atoms with van der Waals surface area (Å²) in [7, 11) is 0. The Hall–Kier alpha value is -0.250. The Morgan fingerprint density at radius 1 is 1.43 bits per heavy atom. The van der Waals surface area contributed by atoms with Gasteiger partial charge in [-0.25, -0.2) is 0 Å². The first-order valence-electron chi connectivity index (χ1n) is 5.13. The fraction of sp³-hybridized carbons (Fsp3) is 0.500. The smallest absolute Gasteiger partial charge is 0.0351 e. The van der Waals surface area contributed by atoms with Gasteiger partial charge in [-0.1, -0.05) is 26.3 Å². The highest BCUT2D eigenvalue weighted by atomic mass is 127. The van der Waals surface area contributed by atoms with Gasteiger partial charge in [-0.05, 0) is 53.1 Å². The molecule has 1 atom stereocenters. The highest BCUT2D eigenvalue weighted by Gasteiger charge is 2.00. The molecule has 0 heterocycles. The second kappa shape index (κ2) is 5.59. The molecule has 0 radical (unpaired) electrons. The summed E-state index contributed by atoms with van der Waals surface area (Å²) in [4.78, 5) is 0. The largest absolute Gasteiger partial charge is 0.385 e. The predicted octanol–water partition coefficient (Wildman–Crippen LogP) is 4.06. The van der Waals surface area contributed by atoms with E-state index in [4.69, 9.17) is 0 Å². The average molecular weight is 303 g/mol. The van der Waals surface area contributed by atoms with E-state index in [0.29, 0.717) is 0 Å². The summed E-state index contributed by atoms with van der Waals surface area (Å²) < 4.78 is 1.33. The van der Waals surface area contributed by atoms with Crippen molar-refractivity contribution >= 4 is 28.3 Å². The summed E-state index contributed by atoms with van der Waals surface area (Å²) in [5, 5.41) is 3.46. The van der Waals surface area contributed by atoms with Crippen LogP contribution in [0.1, 0.15) is 25.8 Å². The maximum Gasteiger partial charge on any atom is 0.0351 e. The number of hydrogen-bond acceptors (Lipinski definition) is 1. The summed E-state index contributed by atoms with van der Waals surface area (Å²) in [5.74, 6) is 0.744. The Bertz CT molecular complexity index is 296. The summed E-state index contributed by atoms with van der Waals surface area (Å²) in [6.07, 6.45) is 1.23. The molecule has 0 bridgehead atoms. The molecule has 0 aliphatic heterocycles. The van der Waals surface area contributed by atoms with Crippen LogP contribution >= 0.6 is 22.6 Å². The van der Waals surface area contributed by atoms with Crippen LogP contribution in [-0.2, 0) is 0 Å². The Labute approximate surface area is 100 Å². The number of anilines is 1. The lowest BCUT2D eigenvalue weighted by Gasteiger charge is -2.12. The molecule has 1 nitrogen and oxygen atoms in total. The van der Waals surface area contributed by atoms with Crippen molar-refractivity contribution in [2.75, 3.05) is 11.9 Å². The van der Waals surface area contributed by atoms with Gasteiger partial charge in [0, 0.05) is 15.8 Å². The van der Waals surface area contributed by atoms with Gasteiger partial charge >= 0.3 is 0 Å². The Balaban J connectivity index is 2.55. The first-order chi connectivity index (χ1) is 6.63. The van der Waals surface area contributed by atoms with Crippen molar-refractivity contribution in [3.05, 3.63) is 27.3 Å². The SMILES string of the molecule is CCC(C)CNc1ccc(C)c(I)c1. The van der Waals surface area contributed by atoms with Crippen LogP contribution in [0.5, 0.6) is 0 Å². The van der Waals surface area contributed by atoms with E-state index in [1.165, 1.54) is 21.2 Å². The minimum atomic E-state index is 0.744. The van der Waals surface area contributed by atoms with Gasteiger partial charge in [0.2, 0.25) is 0 Å². The minimum Gasteiger partial charge on any atom is -0.385 e. The van der Waals surface area contributed by atoms with E-state index in [1.54, 1.807) is 0 Å². The number of hydrogen-bond donors (Lipinski definition) is 1. The molecule has 0 saturated carbocycles.